The second-order valence-corrected chi connectivity index (χ2v) is 6.44. The van der Waals surface area contributed by atoms with Crippen molar-refractivity contribution in [3.63, 3.8) is 0 Å². The van der Waals surface area contributed by atoms with Crippen molar-refractivity contribution >= 4 is 0 Å². The Labute approximate surface area is 129 Å². The minimum atomic E-state index is 0.497. The van der Waals surface area contributed by atoms with Crippen molar-refractivity contribution in [3.05, 3.63) is 41.6 Å². The van der Waals surface area contributed by atoms with Gasteiger partial charge in [0.1, 0.15) is 5.75 Å². The van der Waals surface area contributed by atoms with Crippen LogP contribution in [-0.2, 0) is 19.4 Å². The first-order valence-corrected chi connectivity index (χ1v) is 8.34. The van der Waals surface area contributed by atoms with Gasteiger partial charge in [-0.3, -0.25) is 0 Å². The Hall–Kier alpha value is -1.44. The third kappa shape index (κ3) is 4.26. The minimum Gasteiger partial charge on any atom is -0.508 e. The number of hydrogen-bond donors (Lipinski definition) is 1. The Bertz CT molecular complexity index is 481. The zero-order chi connectivity index (χ0) is 15.2. The molecule has 0 saturated carbocycles. The molecule has 116 valence electrons. The van der Waals surface area contributed by atoms with E-state index in [9.17, 15) is 5.11 Å². The predicted molar refractivity (Wildman–Crippen MR) is 89.4 cm³/mol. The van der Waals surface area contributed by atoms with E-state index in [1.807, 2.05) is 12.3 Å². The summed E-state index contributed by atoms with van der Waals surface area (Å²) < 4.78 is 0. The lowest BCUT2D eigenvalue weighted by molar-refractivity contribution is 0.308. The molecule has 0 amide bonds. The first kappa shape index (κ1) is 15.9. The second-order valence-electron chi connectivity index (χ2n) is 6.44. The number of phenols is 1. The Morgan fingerprint density at radius 1 is 1.29 bits per heavy atom. The monoisotopic (exact) mass is 287 g/mol. The number of benzene rings is 1. The molecule has 1 aromatic rings. The summed E-state index contributed by atoms with van der Waals surface area (Å²) in [6.07, 6.45) is 8.96. The number of rotatable bonds is 6. The lowest BCUT2D eigenvalue weighted by Gasteiger charge is -2.24. The normalized spacial score (nSPS) is 15.9. The summed E-state index contributed by atoms with van der Waals surface area (Å²) in [7, 11) is 0. The van der Waals surface area contributed by atoms with Gasteiger partial charge in [-0.1, -0.05) is 39.3 Å². The van der Waals surface area contributed by atoms with Crippen LogP contribution >= 0.6 is 0 Å². The number of aromatic hydroxyl groups is 1. The SMILES string of the molecule is C=CN(Cc1cc(O)c2c(c1)CCCCC2)CC(C)CC. The lowest BCUT2D eigenvalue weighted by Crippen LogP contribution is -2.22. The summed E-state index contributed by atoms with van der Waals surface area (Å²) in [5.41, 5.74) is 3.75. The molecule has 0 aromatic heterocycles. The van der Waals surface area contributed by atoms with Crippen molar-refractivity contribution in [1.29, 1.82) is 0 Å². The smallest absolute Gasteiger partial charge is 0.119 e. The minimum absolute atomic E-state index is 0.497. The van der Waals surface area contributed by atoms with E-state index in [-0.39, 0.29) is 0 Å². The molecule has 0 heterocycles. The van der Waals surface area contributed by atoms with Crippen LogP contribution in [0.25, 0.3) is 0 Å². The van der Waals surface area contributed by atoms with Gasteiger partial charge in [-0.05, 0) is 60.6 Å². The number of fused-ring (bicyclic) bond motifs is 1. The van der Waals surface area contributed by atoms with Gasteiger partial charge < -0.3 is 10.0 Å². The summed E-state index contributed by atoms with van der Waals surface area (Å²) >= 11 is 0. The van der Waals surface area contributed by atoms with Gasteiger partial charge in [0, 0.05) is 13.1 Å². The van der Waals surface area contributed by atoms with Gasteiger partial charge in [0.15, 0.2) is 0 Å². The van der Waals surface area contributed by atoms with Crippen LogP contribution in [-0.4, -0.2) is 16.6 Å². The van der Waals surface area contributed by atoms with Gasteiger partial charge in [-0.25, -0.2) is 0 Å². The van der Waals surface area contributed by atoms with Crippen molar-refractivity contribution in [2.75, 3.05) is 6.54 Å². The molecule has 1 aliphatic carbocycles. The predicted octanol–water partition coefficient (Wildman–Crippen LogP) is 4.65. The van der Waals surface area contributed by atoms with Crippen LogP contribution in [0, 0.1) is 5.92 Å². The van der Waals surface area contributed by atoms with E-state index in [1.165, 1.54) is 42.4 Å². The average Bonchev–Trinajstić information content (AvgIpc) is 2.72. The molecule has 2 heteroatoms. The van der Waals surface area contributed by atoms with E-state index in [2.05, 4.69) is 31.4 Å². The first-order valence-electron chi connectivity index (χ1n) is 8.34. The van der Waals surface area contributed by atoms with Gasteiger partial charge >= 0.3 is 0 Å². The number of aryl methyl sites for hydroxylation is 1. The Morgan fingerprint density at radius 3 is 2.76 bits per heavy atom. The standard InChI is InChI=1S/C19H29NO/c1-4-15(3)13-20(5-2)14-16-11-17-9-7-6-8-10-18(17)19(21)12-16/h5,11-12,15,21H,2,4,6-10,13-14H2,1,3H3. The Balaban J connectivity index is 2.14. The largest absolute Gasteiger partial charge is 0.508 e. The highest BCUT2D eigenvalue weighted by Gasteiger charge is 2.14. The maximum absolute atomic E-state index is 10.3. The molecule has 0 bridgehead atoms. The zero-order valence-corrected chi connectivity index (χ0v) is 13.6. The molecule has 0 aliphatic heterocycles. The third-order valence-electron chi connectivity index (χ3n) is 4.64. The quantitative estimate of drug-likeness (QED) is 0.770. The van der Waals surface area contributed by atoms with Crippen LogP contribution in [0.1, 0.15) is 56.2 Å². The molecule has 1 atom stereocenters. The van der Waals surface area contributed by atoms with Crippen LogP contribution in [0.2, 0.25) is 0 Å². The van der Waals surface area contributed by atoms with Crippen LogP contribution in [0.3, 0.4) is 0 Å². The maximum Gasteiger partial charge on any atom is 0.119 e. The van der Waals surface area contributed by atoms with E-state index in [1.54, 1.807) is 0 Å². The average molecular weight is 287 g/mol. The van der Waals surface area contributed by atoms with Gasteiger partial charge in [0.2, 0.25) is 0 Å². The van der Waals surface area contributed by atoms with E-state index < -0.39 is 0 Å². The number of nitrogens with zero attached hydrogens (tertiary/aromatic N) is 1. The molecule has 1 unspecified atom stereocenters. The molecular formula is C19H29NO. The summed E-state index contributed by atoms with van der Waals surface area (Å²) in [5.74, 6) is 1.16. The molecule has 0 fully saturated rings. The second kappa shape index (κ2) is 7.53. The number of hydrogen-bond acceptors (Lipinski definition) is 2. The molecular weight excluding hydrogens is 258 g/mol. The summed E-state index contributed by atoms with van der Waals surface area (Å²) in [6.45, 7) is 10.3. The van der Waals surface area contributed by atoms with Crippen molar-refractivity contribution < 1.29 is 5.11 Å². The maximum atomic E-state index is 10.3. The fourth-order valence-electron chi connectivity index (χ4n) is 3.14. The van der Waals surface area contributed by atoms with Crippen molar-refractivity contribution in [2.24, 2.45) is 5.92 Å². The lowest BCUT2D eigenvalue weighted by atomic mass is 9.98. The highest BCUT2D eigenvalue weighted by atomic mass is 16.3. The van der Waals surface area contributed by atoms with Crippen LogP contribution in [0.5, 0.6) is 5.75 Å². The fourth-order valence-corrected chi connectivity index (χ4v) is 3.14. The van der Waals surface area contributed by atoms with E-state index in [4.69, 9.17) is 0 Å². The van der Waals surface area contributed by atoms with Gasteiger partial charge in [-0.15, -0.1) is 0 Å². The highest BCUT2D eigenvalue weighted by molar-refractivity contribution is 5.43. The molecule has 0 saturated heterocycles. The molecule has 2 rings (SSSR count). The van der Waals surface area contributed by atoms with E-state index in [0.717, 1.165) is 25.9 Å². The van der Waals surface area contributed by atoms with Crippen LogP contribution in [0.4, 0.5) is 0 Å². The fraction of sp³-hybridized carbons (Fsp3) is 0.579. The summed E-state index contributed by atoms with van der Waals surface area (Å²) in [6, 6.07) is 4.25. The molecule has 21 heavy (non-hydrogen) atoms. The molecule has 1 N–H and O–H groups in total. The Kier molecular flexibility index (Phi) is 5.72. The Morgan fingerprint density at radius 2 is 2.05 bits per heavy atom. The van der Waals surface area contributed by atoms with Crippen molar-refractivity contribution in [2.45, 2.75) is 58.9 Å². The summed E-state index contributed by atoms with van der Waals surface area (Å²) in [5, 5.41) is 10.3. The van der Waals surface area contributed by atoms with Gasteiger partial charge in [0.05, 0.1) is 0 Å². The highest BCUT2D eigenvalue weighted by Crippen LogP contribution is 2.30. The molecule has 0 radical (unpaired) electrons. The number of phenolic OH excluding ortho intramolecular Hbond substituents is 1. The zero-order valence-electron chi connectivity index (χ0n) is 13.6. The van der Waals surface area contributed by atoms with Gasteiger partial charge in [0.25, 0.3) is 0 Å². The topological polar surface area (TPSA) is 23.5 Å². The first-order chi connectivity index (χ1) is 10.1. The molecule has 2 nitrogen and oxygen atoms in total. The third-order valence-corrected chi connectivity index (χ3v) is 4.64. The van der Waals surface area contributed by atoms with Crippen molar-refractivity contribution in [1.82, 2.24) is 4.90 Å². The molecule has 1 aliphatic rings. The summed E-state index contributed by atoms with van der Waals surface area (Å²) in [4.78, 5) is 2.26. The van der Waals surface area contributed by atoms with E-state index >= 15 is 0 Å². The van der Waals surface area contributed by atoms with E-state index in [0.29, 0.717) is 11.7 Å². The van der Waals surface area contributed by atoms with Gasteiger partial charge in [-0.2, -0.15) is 0 Å². The van der Waals surface area contributed by atoms with Crippen LogP contribution in [0.15, 0.2) is 24.9 Å². The van der Waals surface area contributed by atoms with Crippen LogP contribution < -0.4 is 0 Å². The molecule has 0 spiro atoms. The molecule has 1 aromatic carbocycles. The van der Waals surface area contributed by atoms with Crippen molar-refractivity contribution in [3.8, 4) is 5.75 Å².